The van der Waals surface area contributed by atoms with Crippen molar-refractivity contribution in [2.24, 2.45) is 5.73 Å². The maximum Gasteiger partial charge on any atom is 0.120 e. The number of benzene rings is 1. The monoisotopic (exact) mass is 337 g/mol. The second-order valence-electron chi connectivity index (χ2n) is 6.07. The Morgan fingerprint density at radius 1 is 1.50 bits per heavy atom. The third kappa shape index (κ3) is 2.00. The van der Waals surface area contributed by atoms with Gasteiger partial charge in [-0.3, -0.25) is 0 Å². The van der Waals surface area contributed by atoms with Gasteiger partial charge in [-0.2, -0.15) is 0 Å². The summed E-state index contributed by atoms with van der Waals surface area (Å²) in [6.45, 7) is 7.74. The molecule has 2 atom stereocenters. The van der Waals surface area contributed by atoms with Crippen molar-refractivity contribution in [3.05, 3.63) is 28.5 Å². The molecule has 1 aliphatic rings. The quantitative estimate of drug-likeness (QED) is 0.916. The van der Waals surface area contributed by atoms with Crippen molar-refractivity contribution in [3.8, 4) is 0 Å². The van der Waals surface area contributed by atoms with Gasteiger partial charge in [0, 0.05) is 16.6 Å². The van der Waals surface area contributed by atoms with Gasteiger partial charge in [0.25, 0.3) is 0 Å². The summed E-state index contributed by atoms with van der Waals surface area (Å²) in [6.07, 6.45) is 0. The molecule has 2 aromatic rings. The molecule has 0 radical (unpaired) electrons. The molecule has 3 rings (SSSR count). The SMILES string of the molecule is CC(C)n1c(C2(C)COCC2N)nc2cc(Br)ccc21. The number of rotatable bonds is 2. The maximum absolute atomic E-state index is 6.28. The number of nitrogens with two attached hydrogens (primary N) is 1. The fourth-order valence-electron chi connectivity index (χ4n) is 2.92. The lowest BCUT2D eigenvalue weighted by atomic mass is 9.84. The molecule has 108 valence electrons. The first-order valence-electron chi connectivity index (χ1n) is 6.95. The van der Waals surface area contributed by atoms with Crippen LogP contribution in [0.2, 0.25) is 0 Å². The Bertz CT molecular complexity index is 652. The highest BCUT2D eigenvalue weighted by atomic mass is 79.9. The second kappa shape index (κ2) is 4.83. The standard InChI is InChI=1S/C15H20BrN3O/c1-9(2)19-12-5-4-10(16)6-11(12)18-14(19)15(3)8-20-7-13(15)17/h4-6,9,13H,7-8,17H2,1-3H3. The zero-order chi connectivity index (χ0) is 14.5. The van der Waals surface area contributed by atoms with E-state index in [4.69, 9.17) is 15.5 Å². The van der Waals surface area contributed by atoms with Crippen LogP contribution < -0.4 is 5.73 Å². The van der Waals surface area contributed by atoms with Crippen LogP contribution in [0.1, 0.15) is 32.6 Å². The average molecular weight is 338 g/mol. The molecule has 2 N–H and O–H groups in total. The third-order valence-electron chi connectivity index (χ3n) is 4.20. The van der Waals surface area contributed by atoms with Gasteiger partial charge in [0.2, 0.25) is 0 Å². The Morgan fingerprint density at radius 3 is 2.85 bits per heavy atom. The smallest absolute Gasteiger partial charge is 0.120 e. The summed E-state index contributed by atoms with van der Waals surface area (Å²) in [6, 6.07) is 6.55. The van der Waals surface area contributed by atoms with Gasteiger partial charge in [-0.1, -0.05) is 15.9 Å². The van der Waals surface area contributed by atoms with Gasteiger partial charge in [-0.15, -0.1) is 0 Å². The first kappa shape index (κ1) is 14.0. The first-order valence-corrected chi connectivity index (χ1v) is 7.74. The van der Waals surface area contributed by atoms with Gasteiger partial charge in [-0.05, 0) is 39.0 Å². The number of hydrogen-bond acceptors (Lipinski definition) is 3. The first-order chi connectivity index (χ1) is 9.43. The number of hydrogen-bond donors (Lipinski definition) is 1. The predicted octanol–water partition coefficient (Wildman–Crippen LogP) is 2.99. The number of nitrogens with zero attached hydrogens (tertiary/aromatic N) is 2. The Kier molecular flexibility index (Phi) is 3.39. The van der Waals surface area contributed by atoms with Crippen LogP contribution in [0.15, 0.2) is 22.7 Å². The molecular weight excluding hydrogens is 318 g/mol. The average Bonchev–Trinajstić information content (AvgIpc) is 2.91. The molecular formula is C15H20BrN3O. The Balaban J connectivity index is 2.27. The molecule has 0 spiro atoms. The molecule has 1 aromatic heterocycles. The molecule has 20 heavy (non-hydrogen) atoms. The molecule has 2 heterocycles. The summed E-state index contributed by atoms with van der Waals surface area (Å²) in [7, 11) is 0. The summed E-state index contributed by atoms with van der Waals surface area (Å²) in [5.41, 5.74) is 8.21. The van der Waals surface area contributed by atoms with E-state index in [2.05, 4.69) is 59.5 Å². The normalized spacial score (nSPS) is 26.8. The summed E-state index contributed by atoms with van der Waals surface area (Å²) in [5, 5.41) is 0. The van der Waals surface area contributed by atoms with Gasteiger partial charge < -0.3 is 15.0 Å². The number of fused-ring (bicyclic) bond motifs is 1. The van der Waals surface area contributed by atoms with Gasteiger partial charge in [-0.25, -0.2) is 4.98 Å². The van der Waals surface area contributed by atoms with E-state index in [9.17, 15) is 0 Å². The Morgan fingerprint density at radius 2 is 2.25 bits per heavy atom. The summed E-state index contributed by atoms with van der Waals surface area (Å²) in [4.78, 5) is 4.87. The van der Waals surface area contributed by atoms with Crippen LogP contribution in [0.3, 0.4) is 0 Å². The number of ether oxygens (including phenoxy) is 1. The van der Waals surface area contributed by atoms with Crippen molar-refractivity contribution in [1.29, 1.82) is 0 Å². The van der Waals surface area contributed by atoms with Crippen molar-refractivity contribution in [2.75, 3.05) is 13.2 Å². The van der Waals surface area contributed by atoms with Crippen LogP contribution in [-0.4, -0.2) is 28.8 Å². The van der Waals surface area contributed by atoms with Crippen molar-refractivity contribution in [1.82, 2.24) is 9.55 Å². The molecule has 0 amide bonds. The summed E-state index contributed by atoms with van der Waals surface area (Å²) < 4.78 is 8.93. The molecule has 1 aliphatic heterocycles. The fraction of sp³-hybridized carbons (Fsp3) is 0.533. The van der Waals surface area contributed by atoms with E-state index >= 15 is 0 Å². The van der Waals surface area contributed by atoms with Crippen LogP contribution in [0.5, 0.6) is 0 Å². The number of imidazole rings is 1. The Hall–Kier alpha value is -0.910. The van der Waals surface area contributed by atoms with Gasteiger partial charge >= 0.3 is 0 Å². The van der Waals surface area contributed by atoms with Crippen LogP contribution in [-0.2, 0) is 10.2 Å². The molecule has 0 aliphatic carbocycles. The maximum atomic E-state index is 6.28. The largest absolute Gasteiger partial charge is 0.379 e. The summed E-state index contributed by atoms with van der Waals surface area (Å²) in [5.74, 6) is 1.03. The molecule has 4 nitrogen and oxygen atoms in total. The zero-order valence-corrected chi connectivity index (χ0v) is 13.6. The van der Waals surface area contributed by atoms with Crippen molar-refractivity contribution in [3.63, 3.8) is 0 Å². The molecule has 0 saturated carbocycles. The van der Waals surface area contributed by atoms with E-state index in [1.54, 1.807) is 0 Å². The van der Waals surface area contributed by atoms with E-state index in [0.29, 0.717) is 19.3 Å². The van der Waals surface area contributed by atoms with Crippen LogP contribution in [0.4, 0.5) is 0 Å². The topological polar surface area (TPSA) is 53.1 Å². The minimum absolute atomic E-state index is 0.0137. The van der Waals surface area contributed by atoms with Crippen LogP contribution in [0.25, 0.3) is 11.0 Å². The van der Waals surface area contributed by atoms with Crippen LogP contribution >= 0.6 is 15.9 Å². The number of halogens is 1. The molecule has 1 saturated heterocycles. The lowest BCUT2D eigenvalue weighted by Gasteiger charge is -2.28. The van der Waals surface area contributed by atoms with E-state index in [1.807, 2.05) is 0 Å². The van der Waals surface area contributed by atoms with Crippen molar-refractivity contribution in [2.45, 2.75) is 38.3 Å². The van der Waals surface area contributed by atoms with Gasteiger partial charge in [0.1, 0.15) is 5.82 Å². The molecule has 5 heteroatoms. The summed E-state index contributed by atoms with van der Waals surface area (Å²) >= 11 is 3.51. The Labute approximate surface area is 127 Å². The second-order valence-corrected chi connectivity index (χ2v) is 6.99. The molecule has 0 bridgehead atoms. The van der Waals surface area contributed by atoms with Crippen molar-refractivity contribution < 1.29 is 4.74 Å². The van der Waals surface area contributed by atoms with E-state index < -0.39 is 0 Å². The van der Waals surface area contributed by atoms with Gasteiger partial charge in [0.15, 0.2) is 0 Å². The minimum Gasteiger partial charge on any atom is -0.379 e. The fourth-order valence-corrected chi connectivity index (χ4v) is 3.27. The van der Waals surface area contributed by atoms with E-state index in [0.717, 1.165) is 21.3 Å². The van der Waals surface area contributed by atoms with Crippen LogP contribution in [0, 0.1) is 0 Å². The lowest BCUT2D eigenvalue weighted by molar-refractivity contribution is 0.177. The lowest BCUT2D eigenvalue weighted by Crippen LogP contribution is -2.44. The molecule has 2 unspecified atom stereocenters. The van der Waals surface area contributed by atoms with Gasteiger partial charge in [0.05, 0.1) is 29.7 Å². The van der Waals surface area contributed by atoms with E-state index in [-0.39, 0.29) is 11.5 Å². The molecule has 1 fully saturated rings. The highest BCUT2D eigenvalue weighted by molar-refractivity contribution is 9.10. The van der Waals surface area contributed by atoms with Crippen molar-refractivity contribution >= 4 is 27.0 Å². The highest BCUT2D eigenvalue weighted by Gasteiger charge is 2.43. The molecule has 1 aromatic carbocycles. The predicted molar refractivity (Wildman–Crippen MR) is 84.0 cm³/mol. The van der Waals surface area contributed by atoms with E-state index in [1.165, 1.54) is 0 Å². The number of aromatic nitrogens is 2. The zero-order valence-electron chi connectivity index (χ0n) is 12.1. The third-order valence-corrected chi connectivity index (χ3v) is 4.69. The minimum atomic E-state index is -0.226. The highest BCUT2D eigenvalue weighted by Crippen LogP contribution is 2.35.